The Kier molecular flexibility index (Phi) is 5.30. The standard InChI is InChI=1S/C23H22N2O4S/c1-4-5-18-24-21-20(19(14(3)30-21)15-8-6-13(2)7-9-15)22(26)25(18)12-16-10-11-17(29-16)23(27)28/h6-11H,4-5,12H2,1-3H3,(H,27,28). The van der Waals surface area contributed by atoms with E-state index in [1.807, 2.05) is 45.0 Å². The van der Waals surface area contributed by atoms with Crippen molar-refractivity contribution in [2.75, 3.05) is 0 Å². The molecule has 3 heterocycles. The van der Waals surface area contributed by atoms with E-state index in [1.54, 1.807) is 10.6 Å². The molecule has 0 fully saturated rings. The highest BCUT2D eigenvalue weighted by Crippen LogP contribution is 2.36. The van der Waals surface area contributed by atoms with E-state index in [0.29, 0.717) is 23.4 Å². The first-order valence-electron chi connectivity index (χ1n) is 9.81. The zero-order chi connectivity index (χ0) is 21.4. The maximum atomic E-state index is 13.6. The number of aryl methyl sites for hydroxylation is 3. The van der Waals surface area contributed by atoms with Crippen molar-refractivity contribution < 1.29 is 14.3 Å². The summed E-state index contributed by atoms with van der Waals surface area (Å²) in [6, 6.07) is 11.1. The normalized spacial score (nSPS) is 11.3. The number of rotatable bonds is 6. The van der Waals surface area contributed by atoms with Crippen LogP contribution in [0, 0.1) is 13.8 Å². The number of aromatic carboxylic acids is 1. The van der Waals surface area contributed by atoms with Gasteiger partial charge < -0.3 is 9.52 Å². The van der Waals surface area contributed by atoms with Gasteiger partial charge in [0.05, 0.1) is 11.9 Å². The molecular weight excluding hydrogens is 400 g/mol. The number of hydrogen-bond donors (Lipinski definition) is 1. The number of benzene rings is 1. The maximum Gasteiger partial charge on any atom is 0.371 e. The van der Waals surface area contributed by atoms with Crippen LogP contribution >= 0.6 is 11.3 Å². The zero-order valence-corrected chi connectivity index (χ0v) is 17.9. The fraction of sp³-hybridized carbons (Fsp3) is 0.261. The predicted molar refractivity (Wildman–Crippen MR) is 118 cm³/mol. The monoisotopic (exact) mass is 422 g/mol. The van der Waals surface area contributed by atoms with Crippen LogP contribution in [0.5, 0.6) is 0 Å². The van der Waals surface area contributed by atoms with Crippen LogP contribution in [0.4, 0.5) is 0 Å². The van der Waals surface area contributed by atoms with Gasteiger partial charge in [0.15, 0.2) is 0 Å². The molecule has 154 valence electrons. The van der Waals surface area contributed by atoms with Gasteiger partial charge in [-0.2, -0.15) is 0 Å². The average Bonchev–Trinajstić information content (AvgIpc) is 3.30. The van der Waals surface area contributed by atoms with Crippen molar-refractivity contribution in [3.05, 3.63) is 74.5 Å². The third kappa shape index (κ3) is 3.57. The molecule has 0 radical (unpaired) electrons. The Balaban J connectivity index is 1.91. The van der Waals surface area contributed by atoms with Crippen LogP contribution in [0.25, 0.3) is 21.3 Å². The lowest BCUT2D eigenvalue weighted by Gasteiger charge is -2.11. The van der Waals surface area contributed by atoms with Gasteiger partial charge in [0, 0.05) is 16.9 Å². The minimum atomic E-state index is -1.13. The molecule has 0 amide bonds. The first-order valence-corrected chi connectivity index (χ1v) is 10.6. The highest BCUT2D eigenvalue weighted by atomic mass is 32.1. The topological polar surface area (TPSA) is 85.3 Å². The Hall–Kier alpha value is -3.19. The number of fused-ring (bicyclic) bond motifs is 1. The number of thiophene rings is 1. The van der Waals surface area contributed by atoms with Gasteiger partial charge in [-0.3, -0.25) is 9.36 Å². The van der Waals surface area contributed by atoms with Crippen molar-refractivity contribution in [2.45, 2.75) is 40.2 Å². The van der Waals surface area contributed by atoms with E-state index in [-0.39, 0.29) is 17.9 Å². The number of furan rings is 1. The molecule has 1 aromatic carbocycles. The van der Waals surface area contributed by atoms with Crippen molar-refractivity contribution in [2.24, 2.45) is 0 Å². The SMILES string of the molecule is CCCc1nc2sc(C)c(-c3ccc(C)cc3)c2c(=O)n1Cc1ccc(C(=O)O)o1. The van der Waals surface area contributed by atoms with Crippen LogP contribution in [0.2, 0.25) is 0 Å². The number of carbonyl (C=O) groups is 1. The van der Waals surface area contributed by atoms with Crippen LogP contribution < -0.4 is 5.56 Å². The Morgan fingerprint density at radius 3 is 2.53 bits per heavy atom. The van der Waals surface area contributed by atoms with Gasteiger partial charge in [-0.1, -0.05) is 36.8 Å². The summed E-state index contributed by atoms with van der Waals surface area (Å²) in [7, 11) is 0. The molecule has 6 nitrogen and oxygen atoms in total. The van der Waals surface area contributed by atoms with Crippen LogP contribution in [-0.4, -0.2) is 20.6 Å². The van der Waals surface area contributed by atoms with Gasteiger partial charge in [-0.05, 0) is 38.0 Å². The molecule has 30 heavy (non-hydrogen) atoms. The molecule has 0 aliphatic carbocycles. The number of carboxylic acids is 1. The Labute approximate surface area is 177 Å². The summed E-state index contributed by atoms with van der Waals surface area (Å²) < 4.78 is 7.01. The molecule has 0 spiro atoms. The minimum Gasteiger partial charge on any atom is -0.475 e. The third-order valence-electron chi connectivity index (χ3n) is 5.07. The molecule has 3 aromatic heterocycles. The summed E-state index contributed by atoms with van der Waals surface area (Å²) in [6.45, 7) is 6.22. The molecule has 0 atom stereocenters. The molecule has 7 heteroatoms. The van der Waals surface area contributed by atoms with E-state index in [9.17, 15) is 9.59 Å². The summed E-state index contributed by atoms with van der Waals surface area (Å²) in [4.78, 5) is 31.3. The molecule has 4 aromatic rings. The molecule has 0 aliphatic rings. The summed E-state index contributed by atoms with van der Waals surface area (Å²) in [5.74, 6) is -0.182. The molecule has 1 N–H and O–H groups in total. The van der Waals surface area contributed by atoms with Crippen LogP contribution in [0.1, 0.15) is 45.9 Å². The van der Waals surface area contributed by atoms with Crippen molar-refractivity contribution in [1.82, 2.24) is 9.55 Å². The second kappa shape index (κ2) is 7.91. The maximum absolute atomic E-state index is 13.6. The fourth-order valence-corrected chi connectivity index (χ4v) is 4.67. The zero-order valence-electron chi connectivity index (χ0n) is 17.1. The molecule has 0 saturated carbocycles. The summed E-state index contributed by atoms with van der Waals surface area (Å²) in [5.41, 5.74) is 2.93. The summed E-state index contributed by atoms with van der Waals surface area (Å²) in [6.07, 6.45) is 1.49. The largest absolute Gasteiger partial charge is 0.475 e. The molecule has 0 saturated heterocycles. The lowest BCUT2D eigenvalue weighted by Crippen LogP contribution is -2.25. The van der Waals surface area contributed by atoms with Gasteiger partial charge in [0.25, 0.3) is 5.56 Å². The fourth-order valence-electron chi connectivity index (χ4n) is 3.62. The molecule has 0 bridgehead atoms. The van der Waals surface area contributed by atoms with E-state index >= 15 is 0 Å². The van der Waals surface area contributed by atoms with Crippen molar-refractivity contribution in [1.29, 1.82) is 0 Å². The van der Waals surface area contributed by atoms with E-state index < -0.39 is 5.97 Å². The lowest BCUT2D eigenvalue weighted by molar-refractivity contribution is 0.0660. The summed E-state index contributed by atoms with van der Waals surface area (Å²) in [5, 5.41) is 9.71. The molecule has 0 aliphatic heterocycles. The number of aromatic nitrogens is 2. The first-order chi connectivity index (χ1) is 14.4. The number of carboxylic acid groups (broad SMARTS) is 1. The van der Waals surface area contributed by atoms with E-state index in [0.717, 1.165) is 32.8 Å². The second-order valence-electron chi connectivity index (χ2n) is 7.32. The van der Waals surface area contributed by atoms with Gasteiger partial charge in [-0.25, -0.2) is 9.78 Å². The highest BCUT2D eigenvalue weighted by molar-refractivity contribution is 7.19. The summed E-state index contributed by atoms with van der Waals surface area (Å²) >= 11 is 1.53. The van der Waals surface area contributed by atoms with E-state index in [1.165, 1.54) is 17.4 Å². The van der Waals surface area contributed by atoms with Crippen molar-refractivity contribution in [3.63, 3.8) is 0 Å². The highest BCUT2D eigenvalue weighted by Gasteiger charge is 2.20. The van der Waals surface area contributed by atoms with Gasteiger partial charge in [0.1, 0.15) is 16.4 Å². The Morgan fingerprint density at radius 2 is 1.90 bits per heavy atom. The van der Waals surface area contributed by atoms with Crippen molar-refractivity contribution in [3.8, 4) is 11.1 Å². The van der Waals surface area contributed by atoms with Crippen LogP contribution in [0.15, 0.2) is 45.6 Å². The minimum absolute atomic E-state index is 0.128. The van der Waals surface area contributed by atoms with Crippen LogP contribution in [0.3, 0.4) is 0 Å². The van der Waals surface area contributed by atoms with E-state index in [2.05, 4.69) is 0 Å². The van der Waals surface area contributed by atoms with Gasteiger partial charge >= 0.3 is 5.97 Å². The second-order valence-corrected chi connectivity index (χ2v) is 8.52. The molecular formula is C23H22N2O4S. The first kappa shape index (κ1) is 20.1. The van der Waals surface area contributed by atoms with Gasteiger partial charge in [0.2, 0.25) is 5.76 Å². The Morgan fingerprint density at radius 1 is 1.17 bits per heavy atom. The number of hydrogen-bond acceptors (Lipinski definition) is 5. The quantitative estimate of drug-likeness (QED) is 0.471. The molecule has 4 rings (SSSR count). The average molecular weight is 423 g/mol. The van der Waals surface area contributed by atoms with Crippen molar-refractivity contribution >= 4 is 27.5 Å². The van der Waals surface area contributed by atoms with Crippen LogP contribution in [-0.2, 0) is 13.0 Å². The third-order valence-corrected chi connectivity index (χ3v) is 6.07. The predicted octanol–water partition coefficient (Wildman–Crippen LogP) is 5.03. The Bertz CT molecular complexity index is 1300. The van der Waals surface area contributed by atoms with Gasteiger partial charge in [-0.15, -0.1) is 11.3 Å². The lowest BCUT2D eigenvalue weighted by atomic mass is 10.0. The van der Waals surface area contributed by atoms with E-state index in [4.69, 9.17) is 14.5 Å². The smallest absolute Gasteiger partial charge is 0.371 e. The number of nitrogens with zero attached hydrogens (tertiary/aromatic N) is 2. The molecule has 0 unspecified atom stereocenters.